The van der Waals surface area contributed by atoms with Gasteiger partial charge in [0.2, 0.25) is 0 Å². The number of nitrogens with zero attached hydrogens (tertiary/aromatic N) is 5. The molecule has 2 aliphatic heterocycles. The average Bonchev–Trinajstić information content (AvgIpc) is 3.37. The molecule has 2 aliphatic rings. The molecule has 0 aliphatic carbocycles. The highest BCUT2D eigenvalue weighted by atomic mass is 15.2. The number of rotatable bonds is 7. The fraction of sp³-hybridized carbons (Fsp3) is 0. The van der Waals surface area contributed by atoms with Gasteiger partial charge in [0.1, 0.15) is 12.7 Å². The highest BCUT2D eigenvalue weighted by Gasteiger charge is 2.44. The maximum absolute atomic E-state index is 4.73. The van der Waals surface area contributed by atoms with Crippen molar-refractivity contribution >= 4 is 57.2 Å². The van der Waals surface area contributed by atoms with Crippen molar-refractivity contribution in [3.63, 3.8) is 0 Å². The summed E-state index contributed by atoms with van der Waals surface area (Å²) in [5.74, 6) is 0.618. The Kier molecular flexibility index (Phi) is 8.86. The van der Waals surface area contributed by atoms with E-state index in [-0.39, 0.29) is 6.71 Å². The minimum Gasteiger partial charge on any atom is -0.311 e. The molecule has 0 radical (unpaired) electrons. The van der Waals surface area contributed by atoms with Gasteiger partial charge >= 0.3 is 0 Å². The second-order valence-electron chi connectivity index (χ2n) is 16.1. The van der Waals surface area contributed by atoms with Gasteiger partial charge in [-0.3, -0.25) is 0 Å². The van der Waals surface area contributed by atoms with Gasteiger partial charge in [-0.15, -0.1) is 0 Å². The first-order chi connectivity index (χ1) is 31.2. The number of hydrogen-bond donors (Lipinski definition) is 0. The van der Waals surface area contributed by atoms with Crippen molar-refractivity contribution in [2.24, 2.45) is 0 Å². The quantitative estimate of drug-likeness (QED) is 0.150. The van der Waals surface area contributed by atoms with Crippen LogP contribution in [0.5, 0.6) is 0 Å². The summed E-state index contributed by atoms with van der Waals surface area (Å²) in [6.07, 6.45) is 3.16. The van der Waals surface area contributed by atoms with E-state index in [9.17, 15) is 0 Å². The Hall–Kier alpha value is -8.35. The van der Waals surface area contributed by atoms with Crippen LogP contribution >= 0.6 is 0 Å². The van der Waals surface area contributed by atoms with Crippen LogP contribution in [-0.2, 0) is 0 Å². The molecule has 0 bridgehead atoms. The Morgan fingerprint density at radius 3 is 1.03 bits per heavy atom. The predicted molar refractivity (Wildman–Crippen MR) is 261 cm³/mol. The topological polar surface area (TPSA) is 45.2 Å². The van der Waals surface area contributed by atoms with Gasteiger partial charge in [0, 0.05) is 39.7 Å². The number of hydrogen-bond acceptors (Lipinski definition) is 5. The third kappa shape index (κ3) is 6.39. The minimum absolute atomic E-state index is 0.0678. The monoisotopic (exact) mass is 803 g/mol. The van der Waals surface area contributed by atoms with Crippen LogP contribution in [-0.4, -0.2) is 21.7 Å². The molecule has 9 aromatic carbocycles. The Labute approximate surface area is 367 Å². The van der Waals surface area contributed by atoms with Crippen LogP contribution in [0.25, 0.3) is 55.9 Å². The number of anilines is 6. The fourth-order valence-corrected chi connectivity index (χ4v) is 9.55. The van der Waals surface area contributed by atoms with E-state index < -0.39 is 0 Å². The summed E-state index contributed by atoms with van der Waals surface area (Å²) in [4.78, 5) is 18.6. The zero-order chi connectivity index (χ0) is 41.7. The second-order valence-corrected chi connectivity index (χ2v) is 16.1. The van der Waals surface area contributed by atoms with Crippen molar-refractivity contribution in [3.05, 3.63) is 231 Å². The first-order valence-corrected chi connectivity index (χ1v) is 21.4. The fourth-order valence-electron chi connectivity index (χ4n) is 9.55. The van der Waals surface area contributed by atoms with Crippen LogP contribution in [0.1, 0.15) is 0 Å². The molecular formula is C57H38BN5. The lowest BCUT2D eigenvalue weighted by molar-refractivity contribution is 1.05. The van der Waals surface area contributed by atoms with Crippen molar-refractivity contribution in [2.75, 3.05) is 9.80 Å². The number of fused-ring (bicyclic) bond motifs is 4. The lowest BCUT2D eigenvalue weighted by atomic mass is 9.33. The molecule has 0 saturated carbocycles. The van der Waals surface area contributed by atoms with Crippen molar-refractivity contribution < 1.29 is 0 Å². The van der Waals surface area contributed by atoms with E-state index in [1.807, 2.05) is 0 Å². The highest BCUT2D eigenvalue weighted by molar-refractivity contribution is 7.00. The summed E-state index contributed by atoms with van der Waals surface area (Å²) in [7, 11) is 0. The van der Waals surface area contributed by atoms with Crippen molar-refractivity contribution in [2.45, 2.75) is 0 Å². The molecule has 294 valence electrons. The molecule has 0 unspecified atom stereocenters. The Balaban J connectivity index is 1.14. The zero-order valence-electron chi connectivity index (χ0n) is 34.3. The Morgan fingerprint density at radius 2 is 0.635 bits per heavy atom. The molecule has 5 nitrogen and oxygen atoms in total. The van der Waals surface area contributed by atoms with Crippen LogP contribution in [0.3, 0.4) is 0 Å². The Bertz CT molecular complexity index is 3060. The van der Waals surface area contributed by atoms with Crippen LogP contribution < -0.4 is 26.2 Å². The summed E-state index contributed by atoms with van der Waals surface area (Å²) >= 11 is 0. The van der Waals surface area contributed by atoms with Crippen LogP contribution in [0.15, 0.2) is 231 Å². The van der Waals surface area contributed by atoms with Crippen molar-refractivity contribution in [1.82, 2.24) is 15.0 Å². The van der Waals surface area contributed by atoms with Crippen LogP contribution in [0.2, 0.25) is 0 Å². The largest absolute Gasteiger partial charge is 0.311 e. The summed E-state index contributed by atoms with van der Waals surface area (Å²) < 4.78 is 0. The summed E-state index contributed by atoms with van der Waals surface area (Å²) in [5, 5.41) is 0. The van der Waals surface area contributed by atoms with Crippen molar-refractivity contribution in [1.29, 1.82) is 0 Å². The summed E-state index contributed by atoms with van der Waals surface area (Å²) in [6.45, 7) is -0.0678. The lowest BCUT2D eigenvalue weighted by Gasteiger charge is -2.44. The second kappa shape index (κ2) is 15.3. The normalized spacial score (nSPS) is 12.3. The van der Waals surface area contributed by atoms with E-state index in [0.29, 0.717) is 5.82 Å². The van der Waals surface area contributed by atoms with E-state index in [4.69, 9.17) is 9.97 Å². The van der Waals surface area contributed by atoms with Gasteiger partial charge in [0.15, 0.2) is 5.82 Å². The van der Waals surface area contributed by atoms with Gasteiger partial charge in [0.05, 0.1) is 0 Å². The molecule has 1 aromatic heterocycles. The lowest BCUT2D eigenvalue weighted by Crippen LogP contribution is -2.61. The molecule has 6 heteroatoms. The van der Waals surface area contributed by atoms with Crippen LogP contribution in [0.4, 0.5) is 34.1 Å². The van der Waals surface area contributed by atoms with Gasteiger partial charge < -0.3 is 9.80 Å². The first kappa shape index (κ1) is 36.5. The average molecular weight is 804 g/mol. The van der Waals surface area contributed by atoms with Gasteiger partial charge in [-0.05, 0) is 109 Å². The molecule has 3 heterocycles. The molecule has 0 atom stereocenters. The molecule has 0 fully saturated rings. The van der Waals surface area contributed by atoms with Gasteiger partial charge in [-0.1, -0.05) is 170 Å². The van der Waals surface area contributed by atoms with E-state index in [0.717, 1.165) is 50.8 Å². The van der Waals surface area contributed by atoms with Gasteiger partial charge in [0.25, 0.3) is 6.71 Å². The van der Waals surface area contributed by atoms with E-state index in [1.54, 1.807) is 12.7 Å². The molecule has 0 N–H and O–H groups in total. The van der Waals surface area contributed by atoms with E-state index in [1.165, 1.54) is 49.8 Å². The van der Waals surface area contributed by atoms with E-state index >= 15 is 0 Å². The third-order valence-electron chi connectivity index (χ3n) is 12.5. The smallest absolute Gasteiger partial charge is 0.252 e. The SMILES string of the molecule is c1ccc(-c2ccc(N3c4cc(-c5ccccc5)ccc4B4c5ccc(-c6ccccc6)cc5N(c5ccc(-c6ccccc6)cc5)c5cc(-c6ncncn6)cc3c54)cc2)cc1. The van der Waals surface area contributed by atoms with Gasteiger partial charge in [-0.25, -0.2) is 15.0 Å². The van der Waals surface area contributed by atoms with Crippen molar-refractivity contribution in [3.8, 4) is 55.9 Å². The maximum Gasteiger partial charge on any atom is 0.252 e. The molecule has 10 aromatic rings. The van der Waals surface area contributed by atoms with Gasteiger partial charge in [-0.2, -0.15) is 0 Å². The summed E-state index contributed by atoms with van der Waals surface area (Å²) in [6, 6.07) is 79.1. The zero-order valence-corrected chi connectivity index (χ0v) is 34.3. The van der Waals surface area contributed by atoms with Crippen LogP contribution in [0, 0.1) is 0 Å². The molecule has 12 rings (SSSR count). The van der Waals surface area contributed by atoms with E-state index in [2.05, 4.69) is 233 Å². The molecule has 63 heavy (non-hydrogen) atoms. The third-order valence-corrected chi connectivity index (χ3v) is 12.5. The molecule has 0 spiro atoms. The maximum atomic E-state index is 4.73. The first-order valence-electron chi connectivity index (χ1n) is 21.4. The molecular weight excluding hydrogens is 765 g/mol. The summed E-state index contributed by atoms with van der Waals surface area (Å²) in [5.41, 5.74) is 20.6. The Morgan fingerprint density at radius 1 is 0.302 bits per heavy atom. The molecule has 0 saturated heterocycles. The predicted octanol–water partition coefficient (Wildman–Crippen LogP) is 12.3. The molecule has 0 amide bonds. The number of aromatic nitrogens is 3. The minimum atomic E-state index is -0.0678. The number of benzene rings is 9. The highest BCUT2D eigenvalue weighted by Crippen LogP contribution is 2.47. The standard InChI is InChI=1S/C57H38BN5/c1-5-13-39(14-6-1)43-21-27-48(28-22-43)62-52-33-45(41-17-9-3-10-18-41)25-31-50(52)58-51-32-26-46(42-19-11-4-12-20-42)34-53(51)63(49-29-23-44(24-30-49)40-15-7-2-8-16-40)55-36-47(35-54(62)56(55)58)57-60-37-59-38-61-57/h1-38H.